The lowest BCUT2D eigenvalue weighted by atomic mass is 9.73. The molecule has 0 fully saturated rings. The van der Waals surface area contributed by atoms with Gasteiger partial charge in [-0.3, -0.25) is 9.69 Å². The maximum Gasteiger partial charge on any atom is 0.161 e. The molecule has 5 rings (SSSR count). The van der Waals surface area contributed by atoms with E-state index >= 15 is 4.39 Å². The van der Waals surface area contributed by atoms with Gasteiger partial charge in [-0.15, -0.1) is 0 Å². The SMILES string of the molecule is Cc1ccc(OCc2cc(C)cc(C3C(C#N)=C(N)N(c4ccc(Br)cc4F)C4=C3C(=O)CCC4)c2C)cc1. The van der Waals surface area contributed by atoms with Crippen LogP contribution in [0, 0.1) is 37.9 Å². The van der Waals surface area contributed by atoms with E-state index in [4.69, 9.17) is 10.5 Å². The van der Waals surface area contributed by atoms with Crippen molar-refractivity contribution in [2.45, 2.75) is 52.6 Å². The highest BCUT2D eigenvalue weighted by molar-refractivity contribution is 9.10. The third-order valence-electron chi connectivity index (χ3n) is 7.49. The normalized spacial score (nSPS) is 17.3. The Kier molecular flexibility index (Phi) is 7.33. The van der Waals surface area contributed by atoms with Gasteiger partial charge in [-0.2, -0.15) is 5.26 Å². The number of benzene rings is 3. The summed E-state index contributed by atoms with van der Waals surface area (Å²) in [5, 5.41) is 10.4. The number of hydrogen-bond acceptors (Lipinski definition) is 5. The van der Waals surface area contributed by atoms with Crippen LogP contribution in [0.5, 0.6) is 5.75 Å². The topological polar surface area (TPSA) is 79.3 Å². The molecule has 0 amide bonds. The zero-order chi connectivity index (χ0) is 27.8. The predicted molar refractivity (Wildman–Crippen MR) is 153 cm³/mol. The molecule has 39 heavy (non-hydrogen) atoms. The Labute approximate surface area is 236 Å². The van der Waals surface area contributed by atoms with Gasteiger partial charge >= 0.3 is 0 Å². The van der Waals surface area contributed by atoms with Gasteiger partial charge in [0, 0.05) is 22.2 Å². The average molecular weight is 587 g/mol. The van der Waals surface area contributed by atoms with Gasteiger partial charge in [-0.1, -0.05) is 51.3 Å². The first-order valence-electron chi connectivity index (χ1n) is 12.9. The summed E-state index contributed by atoms with van der Waals surface area (Å²) in [4.78, 5) is 15.1. The first-order valence-corrected chi connectivity index (χ1v) is 13.7. The van der Waals surface area contributed by atoms with Crippen molar-refractivity contribution >= 4 is 27.4 Å². The fourth-order valence-electron chi connectivity index (χ4n) is 5.54. The number of ketones is 1. The van der Waals surface area contributed by atoms with E-state index in [1.165, 1.54) is 6.07 Å². The number of nitrogens with two attached hydrogens (primary N) is 1. The van der Waals surface area contributed by atoms with E-state index in [1.54, 1.807) is 17.0 Å². The first kappa shape index (κ1) is 26.7. The molecule has 0 bridgehead atoms. The van der Waals surface area contributed by atoms with Crippen molar-refractivity contribution in [3.63, 3.8) is 0 Å². The van der Waals surface area contributed by atoms with Crippen molar-refractivity contribution in [3.8, 4) is 11.8 Å². The van der Waals surface area contributed by atoms with Gasteiger partial charge in [-0.25, -0.2) is 4.39 Å². The van der Waals surface area contributed by atoms with Crippen LogP contribution < -0.4 is 15.4 Å². The fourth-order valence-corrected chi connectivity index (χ4v) is 5.88. The molecule has 0 radical (unpaired) electrons. The molecule has 0 spiro atoms. The predicted octanol–water partition coefficient (Wildman–Crippen LogP) is 7.40. The standard InChI is InChI=1S/C32H29BrFN3O2/c1-18-7-10-23(11-8-18)39-17-21-13-19(2)14-24(20(21)3)30-25(16-35)32(36)37(27-12-9-22(33)15-26(27)34)28-5-4-6-29(38)31(28)30/h7-15,30H,4-6,17,36H2,1-3H3. The molecule has 5 nitrogen and oxygen atoms in total. The second-order valence-corrected chi connectivity index (χ2v) is 11.1. The summed E-state index contributed by atoms with van der Waals surface area (Å²) in [5.74, 6) is -0.249. The number of anilines is 1. The van der Waals surface area contributed by atoms with E-state index in [2.05, 4.69) is 28.1 Å². The van der Waals surface area contributed by atoms with E-state index in [0.29, 0.717) is 41.6 Å². The van der Waals surface area contributed by atoms with Crippen LogP contribution in [0.1, 0.15) is 53.0 Å². The monoisotopic (exact) mass is 585 g/mol. The summed E-state index contributed by atoms with van der Waals surface area (Å²) >= 11 is 3.30. The maximum absolute atomic E-state index is 15.2. The number of hydrogen-bond donors (Lipinski definition) is 1. The highest BCUT2D eigenvalue weighted by Gasteiger charge is 2.41. The number of nitriles is 1. The Morgan fingerprint density at radius 3 is 2.51 bits per heavy atom. The molecule has 3 aromatic rings. The molecule has 0 aromatic heterocycles. The number of aryl methyl sites for hydroxylation is 2. The van der Waals surface area contributed by atoms with Gasteiger partial charge in [0.2, 0.25) is 0 Å². The van der Waals surface area contributed by atoms with E-state index in [9.17, 15) is 10.1 Å². The molecule has 0 saturated carbocycles. The van der Waals surface area contributed by atoms with Gasteiger partial charge < -0.3 is 10.5 Å². The second kappa shape index (κ2) is 10.7. The van der Waals surface area contributed by atoms with Crippen LogP contribution in [0.3, 0.4) is 0 Å². The number of rotatable bonds is 5. The van der Waals surface area contributed by atoms with Crippen LogP contribution in [0.2, 0.25) is 0 Å². The Balaban J connectivity index is 1.64. The van der Waals surface area contributed by atoms with Crippen molar-refractivity contribution in [1.82, 2.24) is 0 Å². The van der Waals surface area contributed by atoms with Crippen LogP contribution in [0.25, 0.3) is 0 Å². The Bertz CT molecular complexity index is 1580. The molecule has 0 saturated heterocycles. The Morgan fingerprint density at radius 1 is 1.08 bits per heavy atom. The molecule has 198 valence electrons. The van der Waals surface area contributed by atoms with Crippen molar-refractivity contribution in [2.75, 3.05) is 4.90 Å². The van der Waals surface area contributed by atoms with Crippen molar-refractivity contribution in [1.29, 1.82) is 5.26 Å². The summed E-state index contributed by atoms with van der Waals surface area (Å²) in [6, 6.07) is 18.9. The second-order valence-electron chi connectivity index (χ2n) is 10.2. The molecule has 2 aliphatic rings. The van der Waals surface area contributed by atoms with E-state index < -0.39 is 11.7 Å². The molecule has 1 aliphatic carbocycles. The van der Waals surface area contributed by atoms with Crippen LogP contribution in [-0.4, -0.2) is 5.78 Å². The minimum Gasteiger partial charge on any atom is -0.489 e. The number of allylic oxidation sites excluding steroid dienone is 3. The number of ether oxygens (including phenoxy) is 1. The third kappa shape index (κ3) is 4.97. The summed E-state index contributed by atoms with van der Waals surface area (Å²) in [7, 11) is 0. The van der Waals surface area contributed by atoms with E-state index in [1.807, 2.05) is 51.1 Å². The lowest BCUT2D eigenvalue weighted by molar-refractivity contribution is -0.116. The zero-order valence-corrected chi connectivity index (χ0v) is 23.7. The minimum atomic E-state index is -0.634. The molecule has 3 aromatic carbocycles. The van der Waals surface area contributed by atoms with Crippen LogP contribution in [0.4, 0.5) is 10.1 Å². The molecular weight excluding hydrogens is 557 g/mol. The van der Waals surface area contributed by atoms with Crippen LogP contribution in [-0.2, 0) is 11.4 Å². The smallest absolute Gasteiger partial charge is 0.161 e. The van der Waals surface area contributed by atoms with E-state index in [-0.39, 0.29) is 22.9 Å². The molecule has 1 aliphatic heterocycles. The summed E-state index contributed by atoms with van der Waals surface area (Å²) in [6.45, 7) is 6.34. The summed E-state index contributed by atoms with van der Waals surface area (Å²) in [6.07, 6.45) is 1.57. The number of carbonyl (C=O) groups excluding carboxylic acids is 1. The van der Waals surface area contributed by atoms with Gasteiger partial charge in [-0.05, 0) is 80.6 Å². The molecule has 1 heterocycles. The first-order chi connectivity index (χ1) is 18.7. The largest absolute Gasteiger partial charge is 0.489 e. The van der Waals surface area contributed by atoms with Gasteiger partial charge in [0.1, 0.15) is 24.0 Å². The highest BCUT2D eigenvalue weighted by Crippen LogP contribution is 2.48. The molecule has 1 atom stereocenters. The maximum atomic E-state index is 15.2. The van der Waals surface area contributed by atoms with Gasteiger partial charge in [0.05, 0.1) is 23.2 Å². The lowest BCUT2D eigenvalue weighted by Gasteiger charge is -2.40. The number of carbonyl (C=O) groups is 1. The Morgan fingerprint density at radius 2 is 1.82 bits per heavy atom. The van der Waals surface area contributed by atoms with Crippen molar-refractivity contribution < 1.29 is 13.9 Å². The minimum absolute atomic E-state index is 0.0395. The van der Waals surface area contributed by atoms with Gasteiger partial charge in [0.15, 0.2) is 5.78 Å². The number of nitrogens with zero attached hydrogens (tertiary/aromatic N) is 2. The molecule has 7 heteroatoms. The van der Waals surface area contributed by atoms with Crippen molar-refractivity contribution in [2.24, 2.45) is 5.73 Å². The highest BCUT2D eigenvalue weighted by atomic mass is 79.9. The molecule has 1 unspecified atom stereocenters. The number of Topliss-reactive ketones (excluding diaryl/α,β-unsaturated/α-hetero) is 1. The van der Waals surface area contributed by atoms with Crippen LogP contribution in [0.15, 0.2) is 81.7 Å². The molecule has 2 N–H and O–H groups in total. The Hall–Kier alpha value is -3.89. The summed E-state index contributed by atoms with van der Waals surface area (Å²) in [5.41, 5.74) is 13.2. The average Bonchev–Trinajstić information content (AvgIpc) is 2.90. The molecular formula is C32H29BrFN3O2. The quantitative estimate of drug-likeness (QED) is 0.337. The number of halogens is 2. The van der Waals surface area contributed by atoms with Gasteiger partial charge in [0.25, 0.3) is 0 Å². The lowest BCUT2D eigenvalue weighted by Crippen LogP contribution is -2.39. The van der Waals surface area contributed by atoms with E-state index in [0.717, 1.165) is 33.6 Å². The van der Waals surface area contributed by atoms with Crippen molar-refractivity contribution in [3.05, 3.63) is 115 Å². The fraction of sp³-hybridized carbons (Fsp3) is 0.250. The zero-order valence-electron chi connectivity index (χ0n) is 22.1. The third-order valence-corrected chi connectivity index (χ3v) is 7.98. The summed E-state index contributed by atoms with van der Waals surface area (Å²) < 4.78 is 21.9. The van der Waals surface area contributed by atoms with Crippen LogP contribution >= 0.6 is 15.9 Å².